The molecule has 170 valence electrons. The Labute approximate surface area is 192 Å². The Kier molecular flexibility index (Phi) is 5.85. The predicted octanol–water partition coefficient (Wildman–Crippen LogP) is 5.84. The third-order valence-corrected chi connectivity index (χ3v) is 8.58. The van der Waals surface area contributed by atoms with E-state index in [4.69, 9.17) is 5.10 Å². The fraction of sp³-hybridized carbons (Fsp3) is 0.536. The standard InChI is InChI=1S/C28H37N3O/c1-19(22-11-7-8-12-22)27-24-14-13-23(15-26(24)29-30-27)25-17-31(18-28(25,3)20(2)32)16-21-9-5-4-6-10-21/h4-6,9-10,13-15,19-20,22,25,32H,7-8,11-12,16-18H2,1-3H3,(H,29,30)/t19?,20-,25-,28-/m0/s1. The topological polar surface area (TPSA) is 52.2 Å². The number of aliphatic hydroxyl groups is 1. The largest absolute Gasteiger partial charge is 0.393 e. The first kappa shape index (κ1) is 21.7. The average Bonchev–Trinajstić information content (AvgIpc) is 3.53. The van der Waals surface area contributed by atoms with Crippen LogP contribution in [0.4, 0.5) is 0 Å². The summed E-state index contributed by atoms with van der Waals surface area (Å²) in [7, 11) is 0. The molecule has 5 rings (SSSR count). The van der Waals surface area contributed by atoms with E-state index in [1.54, 1.807) is 0 Å². The molecule has 32 heavy (non-hydrogen) atoms. The van der Waals surface area contributed by atoms with Gasteiger partial charge in [-0.25, -0.2) is 0 Å². The van der Waals surface area contributed by atoms with Gasteiger partial charge in [0.15, 0.2) is 0 Å². The molecule has 2 fully saturated rings. The van der Waals surface area contributed by atoms with Gasteiger partial charge in [-0.15, -0.1) is 0 Å². The highest BCUT2D eigenvalue weighted by atomic mass is 16.3. The fourth-order valence-corrected chi connectivity index (χ4v) is 6.30. The zero-order valence-electron chi connectivity index (χ0n) is 19.7. The van der Waals surface area contributed by atoms with Crippen LogP contribution >= 0.6 is 0 Å². The van der Waals surface area contributed by atoms with Crippen molar-refractivity contribution in [1.29, 1.82) is 0 Å². The number of benzene rings is 2. The Hall–Kier alpha value is -2.17. The van der Waals surface area contributed by atoms with Crippen molar-refractivity contribution in [1.82, 2.24) is 15.1 Å². The third-order valence-electron chi connectivity index (χ3n) is 8.58. The zero-order valence-corrected chi connectivity index (χ0v) is 19.7. The molecule has 1 saturated heterocycles. The van der Waals surface area contributed by atoms with Crippen molar-refractivity contribution in [2.24, 2.45) is 11.3 Å². The van der Waals surface area contributed by atoms with Gasteiger partial charge in [-0.05, 0) is 42.9 Å². The molecule has 0 bridgehead atoms. The van der Waals surface area contributed by atoms with Gasteiger partial charge >= 0.3 is 0 Å². The van der Waals surface area contributed by atoms with Crippen LogP contribution in [0.2, 0.25) is 0 Å². The van der Waals surface area contributed by atoms with Crippen LogP contribution in [-0.2, 0) is 6.54 Å². The predicted molar refractivity (Wildman–Crippen MR) is 131 cm³/mol. The summed E-state index contributed by atoms with van der Waals surface area (Å²) in [5, 5.41) is 20.2. The molecule has 1 unspecified atom stereocenters. The highest BCUT2D eigenvalue weighted by molar-refractivity contribution is 5.82. The monoisotopic (exact) mass is 431 g/mol. The molecule has 1 aromatic heterocycles. The Bertz CT molecular complexity index is 1050. The smallest absolute Gasteiger partial charge is 0.0926 e. The maximum Gasteiger partial charge on any atom is 0.0926 e. The van der Waals surface area contributed by atoms with Crippen molar-refractivity contribution < 1.29 is 5.11 Å². The maximum absolute atomic E-state index is 10.8. The van der Waals surface area contributed by atoms with Gasteiger partial charge in [0.05, 0.1) is 11.6 Å². The lowest BCUT2D eigenvalue weighted by Gasteiger charge is -2.34. The van der Waals surface area contributed by atoms with Crippen LogP contribution in [0.3, 0.4) is 0 Å². The van der Waals surface area contributed by atoms with Crippen LogP contribution in [0.5, 0.6) is 0 Å². The molecule has 0 amide bonds. The molecule has 0 spiro atoms. The van der Waals surface area contributed by atoms with E-state index in [1.165, 1.54) is 47.9 Å². The van der Waals surface area contributed by atoms with Gasteiger partial charge in [0.1, 0.15) is 0 Å². The van der Waals surface area contributed by atoms with E-state index in [1.807, 2.05) is 6.92 Å². The molecule has 2 N–H and O–H groups in total. The highest BCUT2D eigenvalue weighted by Crippen LogP contribution is 2.46. The Morgan fingerprint density at radius 2 is 1.88 bits per heavy atom. The van der Waals surface area contributed by atoms with Crippen molar-refractivity contribution in [3.05, 3.63) is 65.4 Å². The lowest BCUT2D eigenvalue weighted by molar-refractivity contribution is 0.0475. The van der Waals surface area contributed by atoms with Gasteiger partial charge < -0.3 is 5.11 Å². The summed E-state index contributed by atoms with van der Waals surface area (Å²) in [5.74, 6) is 1.59. The van der Waals surface area contributed by atoms with Crippen molar-refractivity contribution in [2.75, 3.05) is 13.1 Å². The summed E-state index contributed by atoms with van der Waals surface area (Å²) in [6.45, 7) is 9.33. The second kappa shape index (κ2) is 8.64. The summed E-state index contributed by atoms with van der Waals surface area (Å²) < 4.78 is 0. The number of nitrogens with one attached hydrogen (secondary N) is 1. The molecular weight excluding hydrogens is 394 g/mol. The molecule has 2 aliphatic rings. The van der Waals surface area contributed by atoms with Crippen molar-refractivity contribution in [3.8, 4) is 0 Å². The minimum atomic E-state index is -0.374. The number of H-pyrrole nitrogens is 1. The summed E-state index contributed by atoms with van der Waals surface area (Å²) in [4.78, 5) is 2.50. The van der Waals surface area contributed by atoms with E-state index in [-0.39, 0.29) is 17.4 Å². The lowest BCUT2D eigenvalue weighted by atomic mass is 9.72. The number of fused-ring (bicyclic) bond motifs is 1. The van der Waals surface area contributed by atoms with Crippen molar-refractivity contribution in [3.63, 3.8) is 0 Å². The number of aliphatic hydroxyl groups excluding tert-OH is 1. The Balaban J connectivity index is 1.42. The number of likely N-dealkylation sites (tertiary alicyclic amines) is 1. The van der Waals surface area contributed by atoms with Gasteiger partial charge in [-0.3, -0.25) is 10.00 Å². The summed E-state index contributed by atoms with van der Waals surface area (Å²) >= 11 is 0. The summed E-state index contributed by atoms with van der Waals surface area (Å²) in [6.07, 6.45) is 5.04. The van der Waals surface area contributed by atoms with Crippen LogP contribution in [0, 0.1) is 11.3 Å². The molecule has 4 heteroatoms. The number of aromatic nitrogens is 2. The molecule has 2 heterocycles. The number of hydrogen-bond donors (Lipinski definition) is 2. The Morgan fingerprint density at radius 3 is 2.59 bits per heavy atom. The number of rotatable bonds is 6. The molecule has 4 atom stereocenters. The molecule has 1 aliphatic heterocycles. The third kappa shape index (κ3) is 3.88. The van der Waals surface area contributed by atoms with E-state index < -0.39 is 0 Å². The molecule has 4 nitrogen and oxygen atoms in total. The van der Waals surface area contributed by atoms with E-state index >= 15 is 0 Å². The first-order chi connectivity index (χ1) is 15.5. The maximum atomic E-state index is 10.8. The number of nitrogens with zero attached hydrogens (tertiary/aromatic N) is 2. The Morgan fingerprint density at radius 1 is 1.12 bits per heavy atom. The average molecular weight is 432 g/mol. The van der Waals surface area contributed by atoms with E-state index in [0.29, 0.717) is 5.92 Å². The van der Waals surface area contributed by atoms with Gasteiger partial charge in [-0.2, -0.15) is 5.10 Å². The molecule has 3 aromatic rings. The summed E-state index contributed by atoms with van der Waals surface area (Å²) in [6, 6.07) is 17.5. The van der Waals surface area contributed by atoms with Crippen molar-refractivity contribution in [2.45, 2.75) is 70.9 Å². The minimum absolute atomic E-state index is 0.182. The van der Waals surface area contributed by atoms with Gasteiger partial charge in [0.25, 0.3) is 0 Å². The van der Waals surface area contributed by atoms with E-state index in [2.05, 4.69) is 72.4 Å². The van der Waals surface area contributed by atoms with Gasteiger partial charge in [-0.1, -0.05) is 69.2 Å². The van der Waals surface area contributed by atoms with Crippen LogP contribution in [-0.4, -0.2) is 39.4 Å². The quantitative estimate of drug-likeness (QED) is 0.515. The molecule has 2 aromatic carbocycles. The normalized spacial score (nSPS) is 26.7. The van der Waals surface area contributed by atoms with Gasteiger partial charge in [0, 0.05) is 48.0 Å². The zero-order chi connectivity index (χ0) is 22.3. The van der Waals surface area contributed by atoms with E-state index in [0.717, 1.165) is 31.1 Å². The van der Waals surface area contributed by atoms with E-state index in [9.17, 15) is 5.11 Å². The second-order valence-electron chi connectivity index (χ2n) is 10.6. The van der Waals surface area contributed by atoms with Crippen molar-refractivity contribution >= 4 is 10.9 Å². The fourth-order valence-electron chi connectivity index (χ4n) is 6.30. The minimum Gasteiger partial charge on any atom is -0.393 e. The summed E-state index contributed by atoms with van der Waals surface area (Å²) in [5.41, 5.74) is 4.81. The van der Waals surface area contributed by atoms with Crippen LogP contribution in [0.15, 0.2) is 48.5 Å². The van der Waals surface area contributed by atoms with Crippen LogP contribution in [0.25, 0.3) is 10.9 Å². The van der Waals surface area contributed by atoms with Crippen LogP contribution in [0.1, 0.15) is 75.1 Å². The van der Waals surface area contributed by atoms with Gasteiger partial charge in [0.2, 0.25) is 0 Å². The number of hydrogen-bond acceptors (Lipinski definition) is 3. The SMILES string of the molecule is CC(c1[nH]nc2cc([C@@H]3CN(Cc4ccccc4)C[C@@]3(C)[C@H](C)O)ccc12)C1CCCC1. The lowest BCUT2D eigenvalue weighted by Crippen LogP contribution is -2.37. The first-order valence-corrected chi connectivity index (χ1v) is 12.4. The van der Waals surface area contributed by atoms with Crippen LogP contribution < -0.4 is 0 Å². The molecular formula is C28H37N3O. The molecule has 1 saturated carbocycles. The highest BCUT2D eigenvalue weighted by Gasteiger charge is 2.46. The second-order valence-corrected chi connectivity index (χ2v) is 10.6. The molecule has 1 aliphatic carbocycles. The molecule has 0 radical (unpaired) electrons. The first-order valence-electron chi connectivity index (χ1n) is 12.4. The number of aromatic amines is 1.